The summed E-state index contributed by atoms with van der Waals surface area (Å²) in [5.41, 5.74) is -3.17. The Labute approximate surface area is 420 Å². The molecule has 0 heterocycles. The van der Waals surface area contributed by atoms with Gasteiger partial charge in [0.25, 0.3) is 0 Å². The lowest BCUT2D eigenvalue weighted by atomic mass is 10.1. The van der Waals surface area contributed by atoms with Gasteiger partial charge in [-0.05, 0) is 126 Å². The predicted octanol–water partition coefficient (Wildman–Crippen LogP) is 17.0. The average Bonchev–Trinajstić information content (AvgIpc) is 3.32. The van der Waals surface area contributed by atoms with Crippen molar-refractivity contribution in [3.63, 3.8) is 0 Å². The standard InChI is InChI=1S/C30H35F3O4.C28H33F3O4/c1-2-3-4-5-6-7-8-9-10-11-12-13-14-15-16-17-18-19-20-21-28(34)37-27-24-25(30(31,32)33)22-23-26(27)29(35)36;1-2-3-4-5-6-7-8-9-10-11-12-13-14-15-16-17-18-19-26(32)35-25-22-23(28(29,30)31)20-21-24(25)27(33)34/h3-4,6-7,9-10,12-13,15-16,18-19,22-24H,2,5,8,11,14,17,20-21H2,1H3,(H,35,36);3-4,6-7,9-10,12-13,15-16,20-22H,2,5,8,11,14,17-19H2,1H3,(H,33,34)/b4-3-,7-6-,10-9-,13-12-,16-15-,19-18-;4-3-,7-6-,10-9-,13-12-,16-15-. The molecule has 390 valence electrons. The molecule has 0 aliphatic heterocycles. The number of aromatic carboxylic acids is 2. The topological polar surface area (TPSA) is 127 Å². The number of benzene rings is 2. The zero-order valence-electron chi connectivity index (χ0n) is 41.1. The van der Waals surface area contributed by atoms with Gasteiger partial charge in [0, 0.05) is 12.8 Å². The first kappa shape index (κ1) is 63.1. The SMILES string of the molecule is CC/C=C\C/C=C\C/C=C\C/C=C\C/C=C\C/C=C\CCC(=O)Oc1cc(C(F)(F)F)ccc1C(=O)O.CC/C=C\C/C=C\C/C=C\C/C=C\C/C=C\CCCC(=O)Oc1cc(C(F)(F)F)ccc1C(=O)O. The molecule has 0 aliphatic carbocycles. The quantitative estimate of drug-likeness (QED) is 0.0251. The van der Waals surface area contributed by atoms with Crippen LogP contribution in [-0.4, -0.2) is 34.1 Å². The molecule has 0 bridgehead atoms. The summed E-state index contributed by atoms with van der Waals surface area (Å²) >= 11 is 0. The van der Waals surface area contributed by atoms with Crippen LogP contribution in [0.15, 0.2) is 170 Å². The van der Waals surface area contributed by atoms with E-state index in [1.807, 2.05) is 36.5 Å². The van der Waals surface area contributed by atoms with Crippen molar-refractivity contribution < 1.29 is 65.2 Å². The number of carboxylic acids is 2. The minimum atomic E-state index is -4.68. The maximum atomic E-state index is 12.9. The van der Waals surface area contributed by atoms with Crippen LogP contribution in [0.5, 0.6) is 11.5 Å². The molecule has 0 spiro atoms. The summed E-state index contributed by atoms with van der Waals surface area (Å²) in [6.07, 6.45) is 47.4. The van der Waals surface area contributed by atoms with E-state index in [0.717, 1.165) is 76.3 Å². The van der Waals surface area contributed by atoms with Gasteiger partial charge >= 0.3 is 36.2 Å². The number of alkyl halides is 6. The lowest BCUT2D eigenvalue weighted by Gasteiger charge is -2.11. The zero-order chi connectivity index (χ0) is 53.3. The number of unbranched alkanes of at least 4 members (excludes halogenated alkanes) is 1. The molecule has 0 fully saturated rings. The van der Waals surface area contributed by atoms with Crippen LogP contribution in [-0.2, 0) is 21.9 Å². The fourth-order valence-corrected chi connectivity index (χ4v) is 5.84. The van der Waals surface area contributed by atoms with Crippen LogP contribution >= 0.6 is 0 Å². The van der Waals surface area contributed by atoms with E-state index >= 15 is 0 Å². The van der Waals surface area contributed by atoms with Crippen molar-refractivity contribution in [2.45, 2.75) is 129 Å². The van der Waals surface area contributed by atoms with E-state index in [2.05, 4.69) is 105 Å². The smallest absolute Gasteiger partial charge is 0.416 e. The first-order valence-corrected chi connectivity index (χ1v) is 24.0. The van der Waals surface area contributed by atoms with Crippen molar-refractivity contribution in [2.24, 2.45) is 0 Å². The van der Waals surface area contributed by atoms with Gasteiger partial charge in [-0.15, -0.1) is 0 Å². The van der Waals surface area contributed by atoms with E-state index in [1.165, 1.54) is 0 Å². The number of esters is 2. The molecular formula is C58H68F6O8. The summed E-state index contributed by atoms with van der Waals surface area (Å²) in [6, 6.07) is 3.90. The lowest BCUT2D eigenvalue weighted by molar-refractivity contribution is -0.139. The normalized spacial score (nSPS) is 12.8. The van der Waals surface area contributed by atoms with Crippen LogP contribution in [0.2, 0.25) is 0 Å². The van der Waals surface area contributed by atoms with Gasteiger partial charge in [0.1, 0.15) is 22.6 Å². The van der Waals surface area contributed by atoms with E-state index in [1.54, 1.807) is 6.08 Å². The number of carbonyl (C=O) groups excluding carboxylic acids is 2. The summed E-state index contributed by atoms with van der Waals surface area (Å²) in [5, 5.41) is 18.2. The van der Waals surface area contributed by atoms with Gasteiger partial charge in [0.2, 0.25) is 0 Å². The molecule has 0 amide bonds. The van der Waals surface area contributed by atoms with E-state index in [9.17, 15) is 45.5 Å². The van der Waals surface area contributed by atoms with Gasteiger partial charge in [-0.25, -0.2) is 9.59 Å². The second-order valence-electron chi connectivity index (χ2n) is 15.5. The Morgan fingerprint density at radius 3 is 0.986 bits per heavy atom. The molecule has 0 atom stereocenters. The largest absolute Gasteiger partial charge is 0.478 e. The summed E-state index contributed by atoms with van der Waals surface area (Å²) in [5.74, 6) is -5.75. The van der Waals surface area contributed by atoms with E-state index in [-0.39, 0.29) is 12.8 Å². The predicted molar refractivity (Wildman–Crippen MR) is 274 cm³/mol. The number of ether oxygens (including phenoxy) is 2. The Hall–Kier alpha value is -6.96. The molecule has 2 aromatic carbocycles. The highest BCUT2D eigenvalue weighted by Gasteiger charge is 2.33. The minimum Gasteiger partial charge on any atom is -0.478 e. The second kappa shape index (κ2) is 38.8. The van der Waals surface area contributed by atoms with E-state index in [4.69, 9.17) is 19.7 Å². The molecule has 2 N–H and O–H groups in total. The van der Waals surface area contributed by atoms with Gasteiger partial charge in [0.05, 0.1) is 11.1 Å². The third-order valence-corrected chi connectivity index (χ3v) is 9.55. The van der Waals surface area contributed by atoms with Crippen molar-refractivity contribution in [3.05, 3.63) is 192 Å². The molecule has 0 aromatic heterocycles. The monoisotopic (exact) mass is 1010 g/mol. The average molecular weight is 1010 g/mol. The highest BCUT2D eigenvalue weighted by Crippen LogP contribution is 2.34. The maximum absolute atomic E-state index is 12.9. The van der Waals surface area contributed by atoms with Gasteiger partial charge in [0.15, 0.2) is 0 Å². The second-order valence-corrected chi connectivity index (χ2v) is 15.5. The Bertz CT molecular complexity index is 2270. The molecule has 2 rings (SSSR count). The van der Waals surface area contributed by atoms with Crippen LogP contribution in [0, 0.1) is 0 Å². The molecule has 8 nitrogen and oxygen atoms in total. The molecule has 0 radical (unpaired) electrons. The molecule has 72 heavy (non-hydrogen) atoms. The Balaban J connectivity index is 0.000000721. The summed E-state index contributed by atoms with van der Waals surface area (Å²) in [6.45, 7) is 4.23. The molecule has 0 unspecified atom stereocenters. The van der Waals surface area contributed by atoms with E-state index < -0.39 is 70.0 Å². The van der Waals surface area contributed by atoms with Crippen molar-refractivity contribution in [1.82, 2.24) is 0 Å². The number of hydrogen-bond donors (Lipinski definition) is 2. The van der Waals surface area contributed by atoms with Crippen LogP contribution in [0.25, 0.3) is 0 Å². The highest BCUT2D eigenvalue weighted by atomic mass is 19.4. The number of allylic oxidation sites excluding steroid dienone is 22. The van der Waals surface area contributed by atoms with Crippen LogP contribution in [0.3, 0.4) is 0 Å². The summed E-state index contributed by atoms with van der Waals surface area (Å²) < 4.78 is 87.0. The molecule has 0 aliphatic rings. The fourth-order valence-electron chi connectivity index (χ4n) is 5.84. The van der Waals surface area contributed by atoms with Crippen LogP contribution < -0.4 is 9.47 Å². The third-order valence-electron chi connectivity index (χ3n) is 9.55. The lowest BCUT2D eigenvalue weighted by Crippen LogP contribution is -2.13. The van der Waals surface area contributed by atoms with Crippen LogP contribution in [0.4, 0.5) is 26.3 Å². The molecule has 0 saturated heterocycles. The minimum absolute atomic E-state index is 0.0381. The number of hydrogen-bond acceptors (Lipinski definition) is 6. The van der Waals surface area contributed by atoms with Gasteiger partial charge in [-0.1, -0.05) is 148 Å². The van der Waals surface area contributed by atoms with Gasteiger partial charge in [-0.3, -0.25) is 9.59 Å². The Kier molecular flexibility index (Phi) is 33.9. The highest BCUT2D eigenvalue weighted by molar-refractivity contribution is 5.93. The number of halogens is 6. The van der Waals surface area contributed by atoms with Gasteiger partial charge < -0.3 is 19.7 Å². The molecule has 0 saturated carbocycles. The van der Waals surface area contributed by atoms with Crippen molar-refractivity contribution >= 4 is 23.9 Å². The first-order chi connectivity index (χ1) is 34.5. The number of rotatable bonds is 31. The van der Waals surface area contributed by atoms with Crippen molar-refractivity contribution in [2.75, 3.05) is 0 Å². The maximum Gasteiger partial charge on any atom is 0.416 e. The summed E-state index contributed by atoms with van der Waals surface area (Å²) in [7, 11) is 0. The zero-order valence-corrected chi connectivity index (χ0v) is 41.1. The van der Waals surface area contributed by atoms with Crippen molar-refractivity contribution in [3.8, 4) is 11.5 Å². The Morgan fingerprint density at radius 2 is 0.694 bits per heavy atom. The molecule has 14 heteroatoms. The third kappa shape index (κ3) is 32.0. The molecular weight excluding hydrogens is 939 g/mol. The fraction of sp³-hybridized carbons (Fsp3) is 0.345. The Morgan fingerprint density at radius 1 is 0.417 bits per heavy atom. The van der Waals surface area contributed by atoms with E-state index in [0.29, 0.717) is 49.9 Å². The number of carboxylic acid groups (broad SMARTS) is 2. The number of carbonyl (C=O) groups is 4. The van der Waals surface area contributed by atoms with Crippen LogP contribution in [0.1, 0.15) is 148 Å². The van der Waals surface area contributed by atoms with Crippen molar-refractivity contribution in [1.29, 1.82) is 0 Å². The summed E-state index contributed by atoms with van der Waals surface area (Å²) in [4.78, 5) is 46.3. The van der Waals surface area contributed by atoms with Gasteiger partial charge in [-0.2, -0.15) is 26.3 Å². The molecule has 2 aromatic rings. The first-order valence-electron chi connectivity index (χ1n) is 24.0.